The number of nitrogens with one attached hydrogen (secondary N) is 1. The van der Waals surface area contributed by atoms with Crippen molar-refractivity contribution in [1.82, 2.24) is 10.2 Å². The van der Waals surface area contributed by atoms with E-state index in [1.165, 1.54) is 32.4 Å². The van der Waals surface area contributed by atoms with Crippen molar-refractivity contribution in [2.24, 2.45) is 5.92 Å². The molecule has 2 fully saturated rings. The van der Waals surface area contributed by atoms with E-state index in [0.717, 1.165) is 13.2 Å². The second kappa shape index (κ2) is 5.03. The molecule has 2 atom stereocenters. The Morgan fingerprint density at radius 1 is 1.50 bits per heavy atom. The highest BCUT2D eigenvalue weighted by molar-refractivity contribution is 4.91. The van der Waals surface area contributed by atoms with Crippen molar-refractivity contribution in [3.63, 3.8) is 0 Å². The van der Waals surface area contributed by atoms with Crippen molar-refractivity contribution in [3.05, 3.63) is 0 Å². The predicted octanol–water partition coefficient (Wildman–Crippen LogP) is 1.49. The molecule has 0 aromatic carbocycles. The van der Waals surface area contributed by atoms with Crippen LogP contribution in [0.25, 0.3) is 0 Å². The van der Waals surface area contributed by atoms with Crippen molar-refractivity contribution in [3.8, 4) is 0 Å². The van der Waals surface area contributed by atoms with E-state index in [4.69, 9.17) is 4.74 Å². The lowest BCUT2D eigenvalue weighted by Crippen LogP contribution is -2.49. The second-order valence-corrected chi connectivity index (χ2v) is 5.88. The summed E-state index contributed by atoms with van der Waals surface area (Å²) >= 11 is 0. The first-order valence-electron chi connectivity index (χ1n) is 6.63. The fourth-order valence-corrected chi connectivity index (χ4v) is 3.09. The molecule has 2 rings (SSSR count). The van der Waals surface area contributed by atoms with Crippen molar-refractivity contribution in [1.29, 1.82) is 0 Å². The fourth-order valence-electron chi connectivity index (χ4n) is 3.09. The maximum atomic E-state index is 5.50. The van der Waals surface area contributed by atoms with E-state index < -0.39 is 0 Å². The lowest BCUT2D eigenvalue weighted by molar-refractivity contribution is 0.130. The highest BCUT2D eigenvalue weighted by atomic mass is 16.5. The van der Waals surface area contributed by atoms with Gasteiger partial charge >= 0.3 is 0 Å². The van der Waals surface area contributed by atoms with E-state index in [1.54, 1.807) is 0 Å². The minimum absolute atomic E-state index is 0.397. The zero-order valence-electron chi connectivity index (χ0n) is 11.0. The molecular formula is C13H26N2O. The first-order chi connectivity index (χ1) is 7.63. The van der Waals surface area contributed by atoms with E-state index in [0.29, 0.717) is 17.5 Å². The average molecular weight is 226 g/mol. The van der Waals surface area contributed by atoms with Gasteiger partial charge in [-0.2, -0.15) is 0 Å². The van der Waals surface area contributed by atoms with E-state index >= 15 is 0 Å². The van der Waals surface area contributed by atoms with Crippen LogP contribution in [0.1, 0.15) is 33.1 Å². The third-order valence-electron chi connectivity index (χ3n) is 4.39. The van der Waals surface area contributed by atoms with Gasteiger partial charge in [-0.1, -0.05) is 0 Å². The van der Waals surface area contributed by atoms with Crippen LogP contribution in [0.4, 0.5) is 0 Å². The van der Waals surface area contributed by atoms with Crippen LogP contribution < -0.4 is 5.32 Å². The Morgan fingerprint density at radius 3 is 2.81 bits per heavy atom. The molecule has 2 aliphatic heterocycles. The van der Waals surface area contributed by atoms with Gasteiger partial charge in [0.05, 0.1) is 6.61 Å². The summed E-state index contributed by atoms with van der Waals surface area (Å²) < 4.78 is 5.50. The molecule has 94 valence electrons. The molecule has 0 saturated carbocycles. The molecule has 0 bridgehead atoms. The Morgan fingerprint density at radius 2 is 2.31 bits per heavy atom. The number of hydrogen-bond donors (Lipinski definition) is 1. The third-order valence-corrected chi connectivity index (χ3v) is 4.39. The third kappa shape index (κ3) is 2.58. The number of hydrogen-bond acceptors (Lipinski definition) is 3. The highest BCUT2D eigenvalue weighted by Crippen LogP contribution is 2.29. The fraction of sp³-hybridized carbons (Fsp3) is 1.00. The SMILES string of the molecule is CNC(CN1CCCC1(C)C)C1CCOC1. The Bertz CT molecular complexity index is 224. The van der Waals surface area contributed by atoms with Gasteiger partial charge in [-0.25, -0.2) is 0 Å². The van der Waals surface area contributed by atoms with E-state index in [-0.39, 0.29) is 0 Å². The molecule has 0 spiro atoms. The molecule has 1 N–H and O–H groups in total. The molecule has 2 unspecified atom stereocenters. The summed E-state index contributed by atoms with van der Waals surface area (Å²) in [6.45, 7) is 9.08. The molecule has 0 aliphatic carbocycles. The van der Waals surface area contributed by atoms with Crippen LogP contribution in [0, 0.1) is 5.92 Å². The maximum Gasteiger partial charge on any atom is 0.0510 e. The molecule has 0 radical (unpaired) electrons. The molecule has 2 saturated heterocycles. The number of likely N-dealkylation sites (tertiary alicyclic amines) is 1. The summed E-state index contributed by atoms with van der Waals surface area (Å²) in [5.74, 6) is 0.710. The normalized spacial score (nSPS) is 32.1. The zero-order valence-corrected chi connectivity index (χ0v) is 11.0. The number of ether oxygens (including phenoxy) is 1. The number of likely N-dealkylation sites (N-methyl/N-ethyl adjacent to an activating group) is 1. The molecule has 2 heterocycles. The van der Waals surface area contributed by atoms with Crippen LogP contribution in [0.2, 0.25) is 0 Å². The lowest BCUT2D eigenvalue weighted by Gasteiger charge is -2.36. The zero-order chi connectivity index (χ0) is 11.6. The molecular weight excluding hydrogens is 200 g/mol. The first-order valence-corrected chi connectivity index (χ1v) is 6.63. The van der Waals surface area contributed by atoms with Crippen LogP contribution >= 0.6 is 0 Å². The van der Waals surface area contributed by atoms with Gasteiger partial charge < -0.3 is 10.1 Å². The smallest absolute Gasteiger partial charge is 0.0510 e. The van der Waals surface area contributed by atoms with Crippen molar-refractivity contribution < 1.29 is 4.74 Å². The summed E-state index contributed by atoms with van der Waals surface area (Å²) in [4.78, 5) is 2.65. The van der Waals surface area contributed by atoms with Crippen LogP contribution in [0.5, 0.6) is 0 Å². The van der Waals surface area contributed by atoms with E-state index in [2.05, 4.69) is 31.1 Å². The standard InChI is InChI=1S/C13H26N2O/c1-13(2)6-4-7-15(13)9-12(14-3)11-5-8-16-10-11/h11-12,14H,4-10H2,1-3H3. The van der Waals surface area contributed by atoms with Crippen LogP contribution in [-0.2, 0) is 4.74 Å². The molecule has 2 aliphatic rings. The van der Waals surface area contributed by atoms with Gasteiger partial charge in [-0.15, -0.1) is 0 Å². The first kappa shape index (κ1) is 12.3. The van der Waals surface area contributed by atoms with E-state index in [1.807, 2.05) is 0 Å². The van der Waals surface area contributed by atoms with Crippen LogP contribution in [0.15, 0.2) is 0 Å². The number of rotatable bonds is 4. The van der Waals surface area contributed by atoms with Gasteiger partial charge in [0.15, 0.2) is 0 Å². The van der Waals surface area contributed by atoms with E-state index in [9.17, 15) is 0 Å². The quantitative estimate of drug-likeness (QED) is 0.786. The van der Waals surface area contributed by atoms with Gasteiger partial charge in [-0.05, 0) is 46.7 Å². The largest absolute Gasteiger partial charge is 0.381 e. The van der Waals surface area contributed by atoms with Gasteiger partial charge in [0, 0.05) is 30.7 Å². The Kier molecular flexibility index (Phi) is 3.88. The monoisotopic (exact) mass is 226 g/mol. The molecule has 0 aromatic rings. The van der Waals surface area contributed by atoms with Crippen LogP contribution in [-0.4, -0.2) is 49.8 Å². The summed E-state index contributed by atoms with van der Waals surface area (Å²) in [7, 11) is 2.09. The lowest BCUT2D eigenvalue weighted by atomic mass is 9.96. The summed E-state index contributed by atoms with van der Waals surface area (Å²) in [6, 6.07) is 0.597. The number of nitrogens with zero attached hydrogens (tertiary/aromatic N) is 1. The van der Waals surface area contributed by atoms with Gasteiger partial charge in [0.2, 0.25) is 0 Å². The van der Waals surface area contributed by atoms with Gasteiger partial charge in [0.1, 0.15) is 0 Å². The topological polar surface area (TPSA) is 24.5 Å². The Labute approximate surface area is 99.5 Å². The molecule has 0 aromatic heterocycles. The second-order valence-electron chi connectivity index (χ2n) is 5.88. The summed E-state index contributed by atoms with van der Waals surface area (Å²) in [5.41, 5.74) is 0.397. The molecule has 0 amide bonds. The summed E-state index contributed by atoms with van der Waals surface area (Å²) in [5, 5.41) is 3.49. The summed E-state index contributed by atoms with van der Waals surface area (Å²) in [6.07, 6.45) is 3.91. The van der Waals surface area contributed by atoms with Gasteiger partial charge in [-0.3, -0.25) is 4.90 Å². The molecule has 3 nitrogen and oxygen atoms in total. The minimum atomic E-state index is 0.397. The Hall–Kier alpha value is -0.120. The van der Waals surface area contributed by atoms with Gasteiger partial charge in [0.25, 0.3) is 0 Å². The van der Waals surface area contributed by atoms with Crippen molar-refractivity contribution >= 4 is 0 Å². The maximum absolute atomic E-state index is 5.50. The average Bonchev–Trinajstić information content (AvgIpc) is 2.84. The molecule has 16 heavy (non-hydrogen) atoms. The van der Waals surface area contributed by atoms with Crippen molar-refractivity contribution in [2.75, 3.05) is 33.4 Å². The highest BCUT2D eigenvalue weighted by Gasteiger charge is 2.35. The van der Waals surface area contributed by atoms with Crippen molar-refractivity contribution in [2.45, 2.75) is 44.7 Å². The Balaban J connectivity index is 1.90. The molecule has 3 heteroatoms. The van der Waals surface area contributed by atoms with Crippen LogP contribution in [0.3, 0.4) is 0 Å². The minimum Gasteiger partial charge on any atom is -0.381 e. The predicted molar refractivity (Wildman–Crippen MR) is 66.7 cm³/mol.